The molecule has 2 saturated heterocycles. The minimum atomic E-state index is -0.302. The Hall–Kier alpha value is -2.77. The van der Waals surface area contributed by atoms with Crippen LogP contribution in [0.1, 0.15) is 31.4 Å². The first-order valence-corrected chi connectivity index (χ1v) is 9.66. The number of carbonyl (C=O) groups is 2. The normalized spacial score (nSPS) is 23.9. The maximum Gasteiger partial charge on any atom is 0.222 e. The van der Waals surface area contributed by atoms with Gasteiger partial charge in [0.1, 0.15) is 18.5 Å². The van der Waals surface area contributed by atoms with E-state index in [0.29, 0.717) is 39.0 Å². The van der Waals surface area contributed by atoms with E-state index >= 15 is 0 Å². The van der Waals surface area contributed by atoms with Crippen LogP contribution in [0.3, 0.4) is 0 Å². The van der Waals surface area contributed by atoms with Gasteiger partial charge >= 0.3 is 0 Å². The van der Waals surface area contributed by atoms with Crippen LogP contribution in [-0.2, 0) is 16.1 Å². The molecular formula is C20H24FN5O2. The van der Waals surface area contributed by atoms with Crippen molar-refractivity contribution in [3.63, 3.8) is 0 Å². The number of amides is 2. The van der Waals surface area contributed by atoms with Gasteiger partial charge in [-0.3, -0.25) is 14.3 Å². The SMILES string of the molecule is CC(=O)N1C[C@H]2CN(C(=O)CCCn3cncn3)C[C@H]2[C@H]1c1cccc(F)c1. The summed E-state index contributed by atoms with van der Waals surface area (Å²) in [6.45, 7) is 4.10. The summed E-state index contributed by atoms with van der Waals surface area (Å²) in [6.07, 6.45) is 4.29. The Morgan fingerprint density at radius 3 is 2.82 bits per heavy atom. The van der Waals surface area contributed by atoms with Gasteiger partial charge < -0.3 is 9.80 Å². The lowest BCUT2D eigenvalue weighted by Gasteiger charge is -2.29. The first kappa shape index (κ1) is 18.6. The van der Waals surface area contributed by atoms with Crippen LogP contribution in [0.4, 0.5) is 4.39 Å². The number of fused-ring (bicyclic) bond motifs is 1. The standard InChI is InChI=1S/C20H24FN5O2/c1-14(27)26-10-16-9-24(19(28)6-3-7-25-13-22-12-23-25)11-18(16)20(26)15-4-2-5-17(21)8-15/h2,4-5,8,12-13,16,18,20H,3,6-7,9-11H2,1H3/t16-,18-,20-/m1/s1. The van der Waals surface area contributed by atoms with Crippen LogP contribution in [0.15, 0.2) is 36.9 Å². The predicted octanol–water partition coefficient (Wildman–Crippen LogP) is 1.88. The molecular weight excluding hydrogens is 361 g/mol. The van der Waals surface area contributed by atoms with Gasteiger partial charge in [-0.25, -0.2) is 9.37 Å². The Labute approximate surface area is 163 Å². The minimum absolute atomic E-state index is 0.00521. The lowest BCUT2D eigenvalue weighted by Crippen LogP contribution is -2.36. The van der Waals surface area contributed by atoms with Gasteiger partial charge in [-0.1, -0.05) is 12.1 Å². The maximum absolute atomic E-state index is 13.8. The number of nitrogens with zero attached hydrogens (tertiary/aromatic N) is 5. The zero-order chi connectivity index (χ0) is 19.7. The summed E-state index contributed by atoms with van der Waals surface area (Å²) in [6, 6.07) is 6.29. The second-order valence-corrected chi connectivity index (χ2v) is 7.66. The lowest BCUT2D eigenvalue weighted by molar-refractivity contribution is -0.131. The number of benzene rings is 1. The van der Waals surface area contributed by atoms with E-state index in [-0.39, 0.29) is 35.5 Å². The van der Waals surface area contributed by atoms with Gasteiger partial charge in [0.2, 0.25) is 11.8 Å². The molecule has 0 radical (unpaired) electrons. The fourth-order valence-corrected chi connectivity index (χ4v) is 4.59. The van der Waals surface area contributed by atoms with Gasteiger partial charge in [0.05, 0.1) is 6.04 Å². The topological polar surface area (TPSA) is 71.3 Å². The molecule has 3 atom stereocenters. The van der Waals surface area contributed by atoms with Crippen molar-refractivity contribution in [3.05, 3.63) is 48.3 Å². The van der Waals surface area contributed by atoms with Crippen LogP contribution in [0.5, 0.6) is 0 Å². The van der Waals surface area contributed by atoms with Gasteiger partial charge in [-0.2, -0.15) is 5.10 Å². The number of halogens is 1. The first-order chi connectivity index (χ1) is 13.5. The third-order valence-corrected chi connectivity index (χ3v) is 5.86. The molecule has 2 fully saturated rings. The third kappa shape index (κ3) is 3.63. The molecule has 7 nitrogen and oxygen atoms in total. The van der Waals surface area contributed by atoms with Crippen molar-refractivity contribution in [1.82, 2.24) is 24.6 Å². The smallest absolute Gasteiger partial charge is 0.222 e. The summed E-state index contributed by atoms with van der Waals surface area (Å²) in [5.41, 5.74) is 0.809. The van der Waals surface area contributed by atoms with Crippen LogP contribution >= 0.6 is 0 Å². The molecule has 3 heterocycles. The molecule has 2 aliphatic rings. The third-order valence-electron chi connectivity index (χ3n) is 5.86. The van der Waals surface area contributed by atoms with Gasteiger partial charge in [-0.15, -0.1) is 0 Å². The fourth-order valence-electron chi connectivity index (χ4n) is 4.59. The van der Waals surface area contributed by atoms with Crippen LogP contribution in [0, 0.1) is 17.7 Å². The van der Waals surface area contributed by atoms with E-state index < -0.39 is 0 Å². The summed E-state index contributed by atoms with van der Waals surface area (Å²) in [5.74, 6) is 0.196. The highest BCUT2D eigenvalue weighted by Crippen LogP contribution is 2.45. The summed E-state index contributed by atoms with van der Waals surface area (Å²) in [7, 11) is 0. The van der Waals surface area contributed by atoms with E-state index in [4.69, 9.17) is 0 Å². The number of rotatable bonds is 5. The molecule has 0 aliphatic carbocycles. The van der Waals surface area contributed by atoms with Crippen molar-refractivity contribution in [1.29, 1.82) is 0 Å². The lowest BCUT2D eigenvalue weighted by atomic mass is 9.89. The van der Waals surface area contributed by atoms with Crippen molar-refractivity contribution in [2.24, 2.45) is 11.8 Å². The van der Waals surface area contributed by atoms with Crippen molar-refractivity contribution in [2.45, 2.75) is 32.4 Å². The van der Waals surface area contributed by atoms with Crippen LogP contribution < -0.4 is 0 Å². The average molecular weight is 385 g/mol. The molecule has 0 N–H and O–H groups in total. The maximum atomic E-state index is 13.8. The van der Waals surface area contributed by atoms with E-state index in [1.807, 2.05) is 15.9 Å². The number of hydrogen-bond acceptors (Lipinski definition) is 4. The molecule has 4 rings (SSSR count). The number of aromatic nitrogens is 3. The molecule has 8 heteroatoms. The Morgan fingerprint density at radius 1 is 1.25 bits per heavy atom. The highest BCUT2D eigenvalue weighted by Gasteiger charge is 2.49. The quantitative estimate of drug-likeness (QED) is 0.788. The Balaban J connectivity index is 1.42. The van der Waals surface area contributed by atoms with Crippen LogP contribution in [0.25, 0.3) is 0 Å². The number of carbonyl (C=O) groups excluding carboxylic acids is 2. The van der Waals surface area contributed by atoms with Crippen molar-refractivity contribution < 1.29 is 14.0 Å². The minimum Gasteiger partial charge on any atom is -0.342 e. The zero-order valence-corrected chi connectivity index (χ0v) is 15.9. The molecule has 148 valence electrons. The van der Waals surface area contributed by atoms with E-state index in [2.05, 4.69) is 10.1 Å². The van der Waals surface area contributed by atoms with E-state index in [1.54, 1.807) is 24.0 Å². The van der Waals surface area contributed by atoms with E-state index in [1.165, 1.54) is 18.5 Å². The second-order valence-electron chi connectivity index (χ2n) is 7.66. The van der Waals surface area contributed by atoms with E-state index in [9.17, 15) is 14.0 Å². The van der Waals surface area contributed by atoms with Crippen molar-refractivity contribution >= 4 is 11.8 Å². The molecule has 2 aliphatic heterocycles. The summed E-state index contributed by atoms with van der Waals surface area (Å²) in [4.78, 5) is 32.4. The Morgan fingerprint density at radius 2 is 2.11 bits per heavy atom. The van der Waals surface area contributed by atoms with Crippen LogP contribution in [0.2, 0.25) is 0 Å². The van der Waals surface area contributed by atoms with Gasteiger partial charge in [-0.05, 0) is 24.1 Å². The highest BCUT2D eigenvalue weighted by atomic mass is 19.1. The molecule has 2 aromatic rings. The van der Waals surface area contributed by atoms with Crippen molar-refractivity contribution in [2.75, 3.05) is 19.6 Å². The molecule has 0 spiro atoms. The van der Waals surface area contributed by atoms with Crippen LogP contribution in [-0.4, -0.2) is 56.0 Å². The number of likely N-dealkylation sites (tertiary alicyclic amines) is 2. The Bertz CT molecular complexity index is 856. The average Bonchev–Trinajstić information content (AvgIpc) is 3.37. The Kier molecular flexibility index (Phi) is 5.11. The van der Waals surface area contributed by atoms with Gasteiger partial charge in [0, 0.05) is 51.4 Å². The largest absolute Gasteiger partial charge is 0.342 e. The monoisotopic (exact) mass is 385 g/mol. The molecule has 0 bridgehead atoms. The molecule has 0 saturated carbocycles. The highest BCUT2D eigenvalue weighted by molar-refractivity contribution is 5.77. The number of hydrogen-bond donors (Lipinski definition) is 0. The summed E-state index contributed by atoms with van der Waals surface area (Å²) in [5, 5.41) is 4.05. The van der Waals surface area contributed by atoms with Gasteiger partial charge in [0.15, 0.2) is 0 Å². The first-order valence-electron chi connectivity index (χ1n) is 9.66. The number of aryl methyl sites for hydroxylation is 1. The molecule has 2 amide bonds. The summed E-state index contributed by atoms with van der Waals surface area (Å²) < 4.78 is 15.5. The predicted molar refractivity (Wildman–Crippen MR) is 99.3 cm³/mol. The molecule has 0 unspecified atom stereocenters. The molecule has 1 aromatic carbocycles. The fraction of sp³-hybridized carbons (Fsp3) is 0.500. The second kappa shape index (κ2) is 7.69. The van der Waals surface area contributed by atoms with E-state index in [0.717, 1.165) is 5.56 Å². The molecule has 28 heavy (non-hydrogen) atoms. The van der Waals surface area contributed by atoms with Gasteiger partial charge in [0.25, 0.3) is 0 Å². The molecule has 1 aromatic heterocycles. The zero-order valence-electron chi connectivity index (χ0n) is 15.9. The van der Waals surface area contributed by atoms with Crippen molar-refractivity contribution in [3.8, 4) is 0 Å². The summed E-state index contributed by atoms with van der Waals surface area (Å²) >= 11 is 0.